The number of likely N-dealkylation sites (tertiary alicyclic amines) is 1. The van der Waals surface area contributed by atoms with Gasteiger partial charge in [0.2, 0.25) is 5.91 Å². The summed E-state index contributed by atoms with van der Waals surface area (Å²) in [4.78, 5) is 42.4. The van der Waals surface area contributed by atoms with Crippen molar-refractivity contribution in [3.8, 4) is 11.1 Å². The number of nitrogens with zero attached hydrogens (tertiary/aromatic N) is 2. The highest BCUT2D eigenvalue weighted by Crippen LogP contribution is 2.40. The number of benzene rings is 4. The van der Waals surface area contributed by atoms with Crippen LogP contribution in [0.1, 0.15) is 78.7 Å². The maximum absolute atomic E-state index is 13.3. The van der Waals surface area contributed by atoms with Crippen LogP contribution in [0.25, 0.3) is 11.1 Å². The van der Waals surface area contributed by atoms with Gasteiger partial charge in [-0.25, -0.2) is 4.79 Å². The fourth-order valence-electron chi connectivity index (χ4n) is 7.87. The largest absolute Gasteiger partial charge is 0.445 e. The third-order valence-corrected chi connectivity index (χ3v) is 10.8. The topological polar surface area (TPSA) is 118 Å². The van der Waals surface area contributed by atoms with Crippen LogP contribution < -0.4 is 5.32 Å². The second kappa shape index (κ2) is 18.0. The summed E-state index contributed by atoms with van der Waals surface area (Å²) < 4.78 is 18.7. The lowest BCUT2D eigenvalue weighted by molar-refractivity contribution is -0.253. The van der Waals surface area contributed by atoms with Crippen molar-refractivity contribution in [3.05, 3.63) is 144 Å². The fraction of sp³-hybridized carbons (Fsp3) is 0.356. The minimum Gasteiger partial charge on any atom is -0.445 e. The molecule has 55 heavy (non-hydrogen) atoms. The number of rotatable bonds is 14. The van der Waals surface area contributed by atoms with Crippen LogP contribution in [0.5, 0.6) is 0 Å². The summed E-state index contributed by atoms with van der Waals surface area (Å²) in [6.45, 7) is 5.75. The molecule has 0 bridgehead atoms. The van der Waals surface area contributed by atoms with Crippen molar-refractivity contribution in [2.45, 2.75) is 88.9 Å². The number of carbonyl (C=O) groups excluding carboxylic acids is 3. The molecule has 1 aliphatic carbocycles. The Kier molecular flexibility index (Phi) is 12.5. The Labute approximate surface area is 322 Å². The summed E-state index contributed by atoms with van der Waals surface area (Å²) in [5.74, 6) is -0.817. The summed E-state index contributed by atoms with van der Waals surface area (Å²) in [6, 6.07) is 32.6. The van der Waals surface area contributed by atoms with Crippen molar-refractivity contribution in [3.63, 3.8) is 0 Å². The van der Waals surface area contributed by atoms with Crippen molar-refractivity contribution in [1.29, 1.82) is 0 Å². The van der Waals surface area contributed by atoms with Gasteiger partial charge in [-0.15, -0.1) is 6.58 Å². The van der Waals surface area contributed by atoms with E-state index in [1.54, 1.807) is 0 Å². The molecular formula is C45H49N3O7. The third-order valence-electron chi connectivity index (χ3n) is 10.8. The van der Waals surface area contributed by atoms with Crippen molar-refractivity contribution in [1.82, 2.24) is 15.1 Å². The van der Waals surface area contributed by atoms with Crippen LogP contribution in [0.2, 0.25) is 0 Å². The van der Waals surface area contributed by atoms with E-state index in [4.69, 9.17) is 14.2 Å². The number of amides is 3. The van der Waals surface area contributed by atoms with Gasteiger partial charge in [-0.2, -0.15) is 0 Å². The zero-order valence-electron chi connectivity index (χ0n) is 31.1. The first-order valence-corrected chi connectivity index (χ1v) is 19.2. The lowest BCUT2D eigenvalue weighted by Gasteiger charge is -2.39. The highest BCUT2D eigenvalue weighted by Gasteiger charge is 2.40. The molecule has 4 atom stereocenters. The molecule has 10 heteroatoms. The molecule has 2 N–H and O–H groups in total. The molecule has 0 radical (unpaired) electrons. The molecule has 2 heterocycles. The average Bonchev–Trinajstić information content (AvgIpc) is 3.85. The SMILES string of the molecule is C=CCN(CC1CC(c2ccc(CO)cc2)OC(c2cccc(-c3cccc(CN4C(=O)CC(NC(=O)OCc5ccccc5)C4=O)c3)c2)O1)C1CCCC1. The molecule has 3 aliphatic rings. The van der Waals surface area contributed by atoms with Crippen LogP contribution in [0.4, 0.5) is 4.79 Å². The van der Waals surface area contributed by atoms with Crippen molar-refractivity contribution < 1.29 is 33.7 Å². The maximum Gasteiger partial charge on any atom is 0.408 e. The Bertz CT molecular complexity index is 1950. The second-order valence-electron chi connectivity index (χ2n) is 14.6. The summed E-state index contributed by atoms with van der Waals surface area (Å²) in [6.07, 6.45) is 5.81. The van der Waals surface area contributed by atoms with E-state index < -0.39 is 24.3 Å². The van der Waals surface area contributed by atoms with Gasteiger partial charge < -0.3 is 24.6 Å². The Morgan fingerprint density at radius 1 is 0.873 bits per heavy atom. The quantitative estimate of drug-likeness (QED) is 0.102. The summed E-state index contributed by atoms with van der Waals surface area (Å²) >= 11 is 0. The first-order valence-electron chi connectivity index (χ1n) is 19.2. The Hall–Kier alpha value is -5.13. The van der Waals surface area contributed by atoms with E-state index in [1.165, 1.54) is 30.6 Å². The maximum atomic E-state index is 13.3. The zero-order chi connectivity index (χ0) is 38.1. The molecule has 2 saturated heterocycles. The smallest absolute Gasteiger partial charge is 0.408 e. The number of hydrogen-bond donors (Lipinski definition) is 2. The standard InChI is InChI=1S/C45H49N3O7/c1-2-22-47(38-16-6-7-17-38)28-39-25-41(34-20-18-31(29-49)19-21-34)55-44(54-39)37-15-9-14-36(24-37)35-13-8-12-33(23-35)27-48-42(50)26-40(43(48)51)46-45(52)53-30-32-10-4-3-5-11-32/h2-5,8-15,18-21,23-24,38-41,44,49H,1,6-7,16-17,22,25-30H2,(H,46,52). The Morgan fingerprint density at radius 2 is 1.60 bits per heavy atom. The van der Waals surface area contributed by atoms with Gasteiger partial charge in [0.1, 0.15) is 12.6 Å². The molecule has 286 valence electrons. The number of alkyl carbamates (subject to hydrolysis) is 1. The van der Waals surface area contributed by atoms with Gasteiger partial charge in [-0.05, 0) is 58.4 Å². The summed E-state index contributed by atoms with van der Waals surface area (Å²) in [7, 11) is 0. The van der Waals surface area contributed by atoms with Gasteiger partial charge in [-0.1, -0.05) is 110 Å². The highest BCUT2D eigenvalue weighted by atomic mass is 16.7. The molecule has 0 spiro atoms. The van der Waals surface area contributed by atoms with Crippen LogP contribution >= 0.6 is 0 Å². The average molecular weight is 744 g/mol. The molecule has 1 saturated carbocycles. The van der Waals surface area contributed by atoms with Gasteiger partial charge >= 0.3 is 6.09 Å². The molecule has 7 rings (SSSR count). The number of aliphatic hydroxyl groups is 1. The van der Waals surface area contributed by atoms with Crippen LogP contribution in [0.15, 0.2) is 116 Å². The lowest BCUT2D eigenvalue weighted by Crippen LogP contribution is -2.43. The fourth-order valence-corrected chi connectivity index (χ4v) is 7.87. The molecule has 3 amide bonds. The van der Waals surface area contributed by atoms with E-state index in [9.17, 15) is 19.5 Å². The van der Waals surface area contributed by atoms with Crippen molar-refractivity contribution in [2.24, 2.45) is 0 Å². The molecule has 0 aromatic heterocycles. The van der Waals surface area contributed by atoms with Crippen LogP contribution in [-0.4, -0.2) is 64.1 Å². The second-order valence-corrected chi connectivity index (χ2v) is 14.6. The molecule has 10 nitrogen and oxygen atoms in total. The van der Waals surface area contributed by atoms with E-state index in [1.807, 2.05) is 103 Å². The van der Waals surface area contributed by atoms with Gasteiger partial charge in [0.25, 0.3) is 5.91 Å². The van der Waals surface area contributed by atoms with Gasteiger partial charge in [0, 0.05) is 31.1 Å². The van der Waals surface area contributed by atoms with Crippen molar-refractivity contribution >= 4 is 17.9 Å². The number of imide groups is 1. The van der Waals surface area contributed by atoms with Gasteiger partial charge in [0.05, 0.1) is 31.8 Å². The van der Waals surface area contributed by atoms with Crippen LogP contribution in [-0.2, 0) is 43.6 Å². The Balaban J connectivity index is 1.04. The predicted octanol–water partition coefficient (Wildman–Crippen LogP) is 7.38. The molecule has 4 aromatic carbocycles. The first-order chi connectivity index (χ1) is 26.9. The number of hydrogen-bond acceptors (Lipinski definition) is 8. The van der Waals surface area contributed by atoms with Gasteiger partial charge in [0.15, 0.2) is 6.29 Å². The van der Waals surface area contributed by atoms with E-state index in [0.29, 0.717) is 12.5 Å². The summed E-state index contributed by atoms with van der Waals surface area (Å²) in [5, 5.41) is 12.2. The number of nitrogens with one attached hydrogen (secondary N) is 1. The first kappa shape index (κ1) is 38.2. The monoisotopic (exact) mass is 743 g/mol. The van der Waals surface area contributed by atoms with Gasteiger partial charge in [-0.3, -0.25) is 19.4 Å². The number of ether oxygens (including phenoxy) is 3. The Morgan fingerprint density at radius 3 is 2.35 bits per heavy atom. The summed E-state index contributed by atoms with van der Waals surface area (Å²) in [5.41, 5.74) is 6.24. The van der Waals surface area contributed by atoms with E-state index in [2.05, 4.69) is 22.9 Å². The molecule has 4 unspecified atom stereocenters. The number of aliphatic hydroxyl groups excluding tert-OH is 1. The third kappa shape index (κ3) is 9.58. The zero-order valence-corrected chi connectivity index (χ0v) is 31.1. The minimum atomic E-state index is -0.978. The van der Waals surface area contributed by atoms with Crippen LogP contribution in [0, 0.1) is 0 Å². The normalized spacial score (nSPS) is 21.6. The molecule has 3 fully saturated rings. The minimum absolute atomic E-state index is 0.0134. The molecule has 2 aliphatic heterocycles. The van der Waals surface area contributed by atoms with E-state index in [-0.39, 0.29) is 44.3 Å². The number of carbonyl (C=O) groups is 3. The van der Waals surface area contributed by atoms with Crippen LogP contribution in [0.3, 0.4) is 0 Å². The molecular weight excluding hydrogens is 695 g/mol. The highest BCUT2D eigenvalue weighted by molar-refractivity contribution is 6.06. The predicted molar refractivity (Wildman–Crippen MR) is 208 cm³/mol. The van der Waals surface area contributed by atoms with Crippen molar-refractivity contribution in [2.75, 3.05) is 13.1 Å². The van der Waals surface area contributed by atoms with E-state index >= 15 is 0 Å². The molecule has 4 aromatic rings. The van der Waals surface area contributed by atoms with E-state index in [0.717, 1.165) is 52.0 Å². The lowest BCUT2D eigenvalue weighted by atomic mass is 9.98.